The molecule has 4 nitrogen and oxygen atoms in total. The SMILES string of the molecule is CCCCCCCCCCCCCC/C=C\CCCCCCCCCCCCCCCCC(=O)NC(CO)C(O)/C=C/CCCCCCCCCCCCCCCCCC. The van der Waals surface area contributed by atoms with Crippen molar-refractivity contribution < 1.29 is 15.0 Å². The fourth-order valence-electron chi connectivity index (χ4n) is 8.71. The smallest absolute Gasteiger partial charge is 0.220 e. The molecule has 3 N–H and O–H groups in total. The monoisotopic (exact) mass is 844 g/mol. The molecule has 0 saturated carbocycles. The quantitative estimate of drug-likeness (QED) is 0.0422. The first-order chi connectivity index (χ1) is 29.7. The summed E-state index contributed by atoms with van der Waals surface area (Å²) in [5.41, 5.74) is 0. The molecule has 0 fully saturated rings. The minimum absolute atomic E-state index is 0.0589. The molecule has 0 heterocycles. The fourth-order valence-corrected chi connectivity index (χ4v) is 8.71. The van der Waals surface area contributed by atoms with Gasteiger partial charge in [-0.25, -0.2) is 0 Å². The molecule has 60 heavy (non-hydrogen) atoms. The molecule has 0 aromatic carbocycles. The molecule has 0 radical (unpaired) electrons. The molecule has 2 unspecified atom stereocenters. The number of hydrogen-bond donors (Lipinski definition) is 3. The molecule has 0 rings (SSSR count). The Bertz CT molecular complexity index is 871. The van der Waals surface area contributed by atoms with Gasteiger partial charge in [0.15, 0.2) is 0 Å². The van der Waals surface area contributed by atoms with E-state index in [4.69, 9.17) is 0 Å². The van der Waals surface area contributed by atoms with Crippen LogP contribution >= 0.6 is 0 Å². The van der Waals surface area contributed by atoms with Gasteiger partial charge in [0.25, 0.3) is 0 Å². The van der Waals surface area contributed by atoms with Crippen LogP contribution in [0.2, 0.25) is 0 Å². The predicted octanol–water partition coefficient (Wildman–Crippen LogP) is 17.9. The Morgan fingerprint density at radius 3 is 0.917 bits per heavy atom. The summed E-state index contributed by atoms with van der Waals surface area (Å²) in [4.78, 5) is 12.5. The lowest BCUT2D eigenvalue weighted by Gasteiger charge is -2.20. The van der Waals surface area contributed by atoms with Crippen LogP contribution in [0.15, 0.2) is 24.3 Å². The normalized spacial score (nSPS) is 12.9. The third-order valence-electron chi connectivity index (χ3n) is 12.9. The maximum absolute atomic E-state index is 12.5. The first-order valence-electron chi connectivity index (χ1n) is 27.6. The molecule has 0 saturated heterocycles. The number of hydrogen-bond acceptors (Lipinski definition) is 3. The van der Waals surface area contributed by atoms with E-state index in [1.165, 1.54) is 263 Å². The number of nitrogens with one attached hydrogen (secondary N) is 1. The third-order valence-corrected chi connectivity index (χ3v) is 12.9. The average Bonchev–Trinajstić information content (AvgIpc) is 3.25. The standard InChI is InChI=1S/C56H109NO3/c1-3-5-7-9-11-13-15-17-19-21-23-24-25-26-27-28-29-30-31-32-33-34-36-38-40-42-44-46-48-50-52-56(60)57-54(53-58)55(59)51-49-47-45-43-41-39-37-35-22-20-18-16-14-12-10-8-6-4-2/h26-27,49,51,54-55,58-59H,3-25,28-48,50,52-53H2,1-2H3,(H,57,60)/b27-26-,51-49+. The molecule has 356 valence electrons. The summed E-state index contributed by atoms with van der Waals surface area (Å²) in [5, 5.41) is 23.1. The molecule has 4 heteroatoms. The first kappa shape index (κ1) is 58.9. The molecule has 0 aliphatic rings. The van der Waals surface area contributed by atoms with E-state index in [2.05, 4.69) is 31.3 Å². The highest BCUT2D eigenvalue weighted by Gasteiger charge is 2.18. The van der Waals surface area contributed by atoms with Crippen molar-refractivity contribution in [2.75, 3.05) is 6.61 Å². The van der Waals surface area contributed by atoms with Crippen molar-refractivity contribution in [2.45, 2.75) is 321 Å². The summed E-state index contributed by atoms with van der Waals surface area (Å²) in [5.74, 6) is -0.0589. The van der Waals surface area contributed by atoms with Gasteiger partial charge in [-0.05, 0) is 44.9 Å². The van der Waals surface area contributed by atoms with Gasteiger partial charge in [-0.1, -0.05) is 282 Å². The Labute approximate surface area is 377 Å². The second-order valence-corrected chi connectivity index (χ2v) is 19.0. The lowest BCUT2D eigenvalue weighted by atomic mass is 10.0. The van der Waals surface area contributed by atoms with E-state index in [0.29, 0.717) is 6.42 Å². The minimum Gasteiger partial charge on any atom is -0.394 e. The van der Waals surface area contributed by atoms with Gasteiger partial charge in [0.1, 0.15) is 0 Å². The number of aliphatic hydroxyl groups is 2. The van der Waals surface area contributed by atoms with Crippen LogP contribution in [0.25, 0.3) is 0 Å². The van der Waals surface area contributed by atoms with Crippen LogP contribution in [-0.2, 0) is 4.79 Å². The minimum atomic E-state index is -0.837. The van der Waals surface area contributed by atoms with Gasteiger partial charge in [-0.15, -0.1) is 0 Å². The van der Waals surface area contributed by atoms with Gasteiger partial charge in [-0.2, -0.15) is 0 Å². The van der Waals surface area contributed by atoms with Gasteiger partial charge in [0.05, 0.1) is 18.8 Å². The number of carbonyl (C=O) groups excluding carboxylic acids is 1. The van der Waals surface area contributed by atoms with Crippen molar-refractivity contribution in [1.82, 2.24) is 5.32 Å². The Kier molecular flexibility index (Phi) is 51.2. The van der Waals surface area contributed by atoms with Gasteiger partial charge in [0.2, 0.25) is 5.91 Å². The maximum atomic E-state index is 12.5. The van der Waals surface area contributed by atoms with Gasteiger partial charge in [0, 0.05) is 6.42 Å². The predicted molar refractivity (Wildman–Crippen MR) is 267 cm³/mol. The summed E-state index contributed by atoms with van der Waals surface area (Å²) in [6.07, 6.45) is 69.1. The average molecular weight is 844 g/mol. The molecule has 0 aliphatic heterocycles. The molecular formula is C56H109NO3. The lowest BCUT2D eigenvalue weighted by Crippen LogP contribution is -2.45. The molecule has 2 atom stereocenters. The van der Waals surface area contributed by atoms with E-state index < -0.39 is 12.1 Å². The second kappa shape index (κ2) is 52.2. The maximum Gasteiger partial charge on any atom is 0.220 e. The van der Waals surface area contributed by atoms with Gasteiger partial charge < -0.3 is 15.5 Å². The van der Waals surface area contributed by atoms with E-state index in [9.17, 15) is 15.0 Å². The summed E-state index contributed by atoms with van der Waals surface area (Å²) >= 11 is 0. The van der Waals surface area contributed by atoms with Gasteiger partial charge in [-0.3, -0.25) is 4.79 Å². The first-order valence-corrected chi connectivity index (χ1v) is 27.6. The van der Waals surface area contributed by atoms with Crippen molar-refractivity contribution in [3.8, 4) is 0 Å². The molecular weight excluding hydrogens is 735 g/mol. The van der Waals surface area contributed by atoms with Gasteiger partial charge >= 0.3 is 0 Å². The highest BCUT2D eigenvalue weighted by molar-refractivity contribution is 5.76. The molecule has 0 aromatic heterocycles. The molecule has 0 aromatic rings. The van der Waals surface area contributed by atoms with Crippen LogP contribution in [0.1, 0.15) is 309 Å². The lowest BCUT2D eigenvalue weighted by molar-refractivity contribution is -0.123. The molecule has 0 bridgehead atoms. The zero-order chi connectivity index (χ0) is 43.5. The zero-order valence-corrected chi connectivity index (χ0v) is 41.0. The van der Waals surface area contributed by atoms with E-state index in [-0.39, 0.29) is 12.5 Å². The Balaban J connectivity index is 3.45. The highest BCUT2D eigenvalue weighted by Crippen LogP contribution is 2.17. The summed E-state index contributed by atoms with van der Waals surface area (Å²) in [7, 11) is 0. The topological polar surface area (TPSA) is 69.6 Å². The van der Waals surface area contributed by atoms with E-state index in [0.717, 1.165) is 25.7 Å². The molecule has 1 amide bonds. The number of carbonyl (C=O) groups is 1. The Morgan fingerprint density at radius 1 is 0.383 bits per heavy atom. The van der Waals surface area contributed by atoms with E-state index in [1.54, 1.807) is 6.08 Å². The summed E-state index contributed by atoms with van der Waals surface area (Å²) < 4.78 is 0. The fraction of sp³-hybridized carbons (Fsp3) is 0.911. The summed E-state index contributed by atoms with van der Waals surface area (Å²) in [6, 6.07) is -0.620. The largest absolute Gasteiger partial charge is 0.394 e. The number of unbranched alkanes of at least 4 members (excludes halogenated alkanes) is 42. The zero-order valence-electron chi connectivity index (χ0n) is 41.0. The number of allylic oxidation sites excluding steroid dienone is 3. The van der Waals surface area contributed by atoms with Crippen LogP contribution in [0.4, 0.5) is 0 Å². The van der Waals surface area contributed by atoms with Crippen LogP contribution in [0, 0.1) is 0 Å². The van der Waals surface area contributed by atoms with Crippen LogP contribution < -0.4 is 5.32 Å². The van der Waals surface area contributed by atoms with Crippen LogP contribution in [0.3, 0.4) is 0 Å². The number of aliphatic hydroxyl groups excluding tert-OH is 2. The third kappa shape index (κ3) is 47.9. The van der Waals surface area contributed by atoms with E-state index >= 15 is 0 Å². The van der Waals surface area contributed by atoms with Crippen molar-refractivity contribution >= 4 is 5.91 Å². The van der Waals surface area contributed by atoms with Crippen molar-refractivity contribution in [3.63, 3.8) is 0 Å². The molecule has 0 aliphatic carbocycles. The molecule has 0 spiro atoms. The van der Waals surface area contributed by atoms with Crippen LogP contribution in [-0.4, -0.2) is 34.9 Å². The Hall–Kier alpha value is -1.13. The Morgan fingerprint density at radius 2 is 0.633 bits per heavy atom. The second-order valence-electron chi connectivity index (χ2n) is 19.0. The number of amides is 1. The van der Waals surface area contributed by atoms with Crippen molar-refractivity contribution in [3.05, 3.63) is 24.3 Å². The van der Waals surface area contributed by atoms with Crippen molar-refractivity contribution in [2.24, 2.45) is 0 Å². The number of rotatable bonds is 51. The van der Waals surface area contributed by atoms with Crippen molar-refractivity contribution in [1.29, 1.82) is 0 Å². The van der Waals surface area contributed by atoms with Crippen LogP contribution in [0.5, 0.6) is 0 Å². The van der Waals surface area contributed by atoms with E-state index in [1.807, 2.05) is 6.08 Å². The highest BCUT2D eigenvalue weighted by atomic mass is 16.3. The summed E-state index contributed by atoms with van der Waals surface area (Å²) in [6.45, 7) is 4.34.